The third-order valence-corrected chi connectivity index (χ3v) is 7.64. The molecule has 1 aromatic carbocycles. The molecule has 0 unspecified atom stereocenters. The number of methoxy groups -OCH3 is 1. The summed E-state index contributed by atoms with van der Waals surface area (Å²) in [6.45, 7) is 4.50. The highest BCUT2D eigenvalue weighted by molar-refractivity contribution is 6.02. The van der Waals surface area contributed by atoms with Crippen molar-refractivity contribution in [2.75, 3.05) is 7.11 Å². The smallest absolute Gasteiger partial charge is 0.305 e. The zero-order valence-corrected chi connectivity index (χ0v) is 21.7. The molecule has 8 heteroatoms. The predicted octanol–water partition coefficient (Wildman–Crippen LogP) is 4.05. The van der Waals surface area contributed by atoms with Crippen LogP contribution < -0.4 is 11.3 Å². The van der Waals surface area contributed by atoms with Crippen LogP contribution in [0.2, 0.25) is 0 Å². The van der Waals surface area contributed by atoms with Crippen LogP contribution in [0.1, 0.15) is 66.0 Å². The normalized spacial score (nSPS) is 14.2. The Morgan fingerprint density at radius 1 is 1.03 bits per heavy atom. The van der Waals surface area contributed by atoms with E-state index >= 15 is 0 Å². The number of benzene rings is 1. The summed E-state index contributed by atoms with van der Waals surface area (Å²) < 4.78 is 10.4. The first-order valence-corrected chi connectivity index (χ1v) is 12.7. The maximum atomic E-state index is 13.9. The van der Waals surface area contributed by atoms with Gasteiger partial charge >= 0.3 is 5.97 Å². The Balaban J connectivity index is 1.96. The van der Waals surface area contributed by atoms with Crippen LogP contribution in [0.15, 0.2) is 35.1 Å². The van der Waals surface area contributed by atoms with E-state index in [4.69, 9.17) is 10.5 Å². The molecule has 1 aliphatic carbocycles. The monoisotopic (exact) mass is 492 g/mol. The molecule has 1 amide bonds. The number of carbonyl (C=O) groups is 2. The number of nitrogens with two attached hydrogens (primary N) is 1. The lowest BCUT2D eigenvalue weighted by molar-refractivity contribution is -0.140. The Hall–Kier alpha value is -3.55. The molecule has 1 fully saturated rings. The van der Waals surface area contributed by atoms with Gasteiger partial charge in [-0.2, -0.15) is 0 Å². The van der Waals surface area contributed by atoms with Crippen LogP contribution in [0.25, 0.3) is 16.8 Å². The van der Waals surface area contributed by atoms with Gasteiger partial charge in [0.1, 0.15) is 0 Å². The van der Waals surface area contributed by atoms with Crippen LogP contribution in [0.5, 0.6) is 0 Å². The van der Waals surface area contributed by atoms with E-state index in [-0.39, 0.29) is 17.9 Å². The number of para-hydroxylation sites is 1. The number of hydrogen-bond acceptors (Lipinski definition) is 4. The summed E-state index contributed by atoms with van der Waals surface area (Å²) in [6.07, 6.45) is 6.38. The molecule has 0 saturated heterocycles. The van der Waals surface area contributed by atoms with Gasteiger partial charge in [0, 0.05) is 36.2 Å². The van der Waals surface area contributed by atoms with Gasteiger partial charge in [0.2, 0.25) is 0 Å². The summed E-state index contributed by atoms with van der Waals surface area (Å²) in [6, 6.07) is 9.40. The molecule has 2 aromatic heterocycles. The molecule has 4 rings (SSSR count). The molecule has 0 bridgehead atoms. The van der Waals surface area contributed by atoms with Gasteiger partial charge in [-0.15, -0.1) is 0 Å². The van der Waals surface area contributed by atoms with Crippen molar-refractivity contribution in [3.63, 3.8) is 0 Å². The van der Waals surface area contributed by atoms with Crippen molar-refractivity contribution in [3.05, 3.63) is 63.3 Å². The summed E-state index contributed by atoms with van der Waals surface area (Å²) in [7, 11) is 3.20. The number of carbonyl (C=O) groups excluding carboxylic acids is 2. The Morgan fingerprint density at radius 2 is 1.69 bits per heavy atom. The fourth-order valence-corrected chi connectivity index (χ4v) is 5.68. The molecule has 0 spiro atoms. The van der Waals surface area contributed by atoms with Crippen LogP contribution in [0.3, 0.4) is 0 Å². The summed E-state index contributed by atoms with van der Waals surface area (Å²) in [4.78, 5) is 38.9. The number of primary amides is 1. The van der Waals surface area contributed by atoms with E-state index in [0.29, 0.717) is 29.0 Å². The van der Waals surface area contributed by atoms with Crippen molar-refractivity contribution in [1.29, 1.82) is 0 Å². The van der Waals surface area contributed by atoms with Crippen LogP contribution >= 0.6 is 0 Å². The number of esters is 1. The van der Waals surface area contributed by atoms with Crippen molar-refractivity contribution in [3.8, 4) is 16.8 Å². The highest BCUT2D eigenvalue weighted by atomic mass is 16.5. The predicted molar refractivity (Wildman–Crippen MR) is 139 cm³/mol. The minimum atomic E-state index is -0.571. The lowest BCUT2D eigenvalue weighted by atomic mass is 9.89. The largest absolute Gasteiger partial charge is 0.469 e. The summed E-state index contributed by atoms with van der Waals surface area (Å²) in [5, 5.41) is 0. The van der Waals surface area contributed by atoms with Gasteiger partial charge < -0.3 is 15.0 Å². The molecule has 1 aliphatic rings. The van der Waals surface area contributed by atoms with Crippen molar-refractivity contribution >= 4 is 11.9 Å². The maximum Gasteiger partial charge on any atom is 0.305 e. The first-order chi connectivity index (χ1) is 17.3. The average molecular weight is 493 g/mol. The molecular weight excluding hydrogens is 456 g/mol. The van der Waals surface area contributed by atoms with E-state index in [2.05, 4.69) is 4.57 Å². The lowest BCUT2D eigenvalue weighted by Crippen LogP contribution is -2.21. The number of ether oxygens (including phenoxy) is 1. The van der Waals surface area contributed by atoms with E-state index < -0.39 is 5.91 Å². The van der Waals surface area contributed by atoms with Crippen LogP contribution in [0, 0.1) is 19.8 Å². The van der Waals surface area contributed by atoms with Crippen LogP contribution in [-0.2, 0) is 29.5 Å². The second-order valence-electron chi connectivity index (χ2n) is 9.77. The molecule has 8 nitrogen and oxygen atoms in total. The molecule has 192 valence electrons. The Kier molecular flexibility index (Phi) is 7.52. The molecule has 2 heterocycles. The second kappa shape index (κ2) is 10.6. The van der Waals surface area contributed by atoms with Crippen molar-refractivity contribution < 1.29 is 14.3 Å². The second-order valence-corrected chi connectivity index (χ2v) is 9.77. The minimum absolute atomic E-state index is 0.147. The Morgan fingerprint density at radius 3 is 2.31 bits per heavy atom. The first-order valence-electron chi connectivity index (χ1n) is 12.7. The van der Waals surface area contributed by atoms with Gasteiger partial charge in [-0.25, -0.2) is 4.68 Å². The maximum absolute atomic E-state index is 13.9. The standard InChI is InChI=1S/C28H36N4O4/c1-18-25(28(35)32(30(18)3)21-13-9-6-10-14-21)26-22(15-16-23(33)36-4)31(19(2)24(26)27(29)34)17-20-11-7-5-8-12-20/h6,9-10,13-14,20H,5,7-8,11-12,15-17H2,1-4H3,(H2,29,34). The molecule has 0 radical (unpaired) electrons. The average Bonchev–Trinajstić information content (AvgIpc) is 3.26. The molecular formula is C28H36N4O4. The third kappa shape index (κ3) is 4.64. The lowest BCUT2D eigenvalue weighted by Gasteiger charge is -2.24. The minimum Gasteiger partial charge on any atom is -0.469 e. The Labute approximate surface area is 211 Å². The van der Waals surface area contributed by atoms with Crippen molar-refractivity contribution in [2.24, 2.45) is 18.7 Å². The van der Waals surface area contributed by atoms with Crippen molar-refractivity contribution in [1.82, 2.24) is 13.9 Å². The number of amides is 1. The fourth-order valence-electron chi connectivity index (χ4n) is 5.68. The summed E-state index contributed by atoms with van der Waals surface area (Å²) in [5.41, 5.74) is 10.1. The van der Waals surface area contributed by atoms with Gasteiger partial charge in [-0.05, 0) is 51.2 Å². The molecule has 36 heavy (non-hydrogen) atoms. The third-order valence-electron chi connectivity index (χ3n) is 7.64. The number of aromatic nitrogens is 3. The van der Waals surface area contributed by atoms with Crippen LogP contribution in [0.4, 0.5) is 0 Å². The van der Waals surface area contributed by atoms with E-state index in [1.807, 2.05) is 51.2 Å². The van der Waals surface area contributed by atoms with E-state index in [0.717, 1.165) is 42.2 Å². The molecule has 3 aromatic rings. The first kappa shape index (κ1) is 25.5. The van der Waals surface area contributed by atoms with Gasteiger partial charge in [-0.3, -0.25) is 19.1 Å². The van der Waals surface area contributed by atoms with Gasteiger partial charge in [0.05, 0.1) is 30.3 Å². The van der Waals surface area contributed by atoms with E-state index in [9.17, 15) is 14.4 Å². The zero-order valence-electron chi connectivity index (χ0n) is 21.7. The SMILES string of the molecule is COC(=O)CCc1c(-c2c(C)n(C)n(-c3ccccc3)c2=O)c(C(N)=O)c(C)n1CC1CCCCC1. The quantitative estimate of drug-likeness (QED) is 0.480. The van der Waals surface area contributed by atoms with E-state index in [1.54, 1.807) is 9.36 Å². The summed E-state index contributed by atoms with van der Waals surface area (Å²) >= 11 is 0. The van der Waals surface area contributed by atoms with E-state index in [1.165, 1.54) is 26.4 Å². The zero-order chi connectivity index (χ0) is 26.0. The van der Waals surface area contributed by atoms with Gasteiger partial charge in [0.25, 0.3) is 11.5 Å². The van der Waals surface area contributed by atoms with Crippen molar-refractivity contribution in [2.45, 2.75) is 65.3 Å². The summed E-state index contributed by atoms with van der Waals surface area (Å²) in [5.74, 6) is -0.428. The Bertz CT molecular complexity index is 1320. The highest BCUT2D eigenvalue weighted by Crippen LogP contribution is 2.36. The number of nitrogens with zero attached hydrogens (tertiary/aromatic N) is 3. The number of hydrogen-bond donors (Lipinski definition) is 1. The molecule has 2 N–H and O–H groups in total. The molecule has 1 saturated carbocycles. The molecule has 0 aliphatic heterocycles. The molecule has 0 atom stereocenters. The topological polar surface area (TPSA) is 101 Å². The van der Waals surface area contributed by atoms with Gasteiger partial charge in [0.15, 0.2) is 0 Å². The fraction of sp³-hybridized carbons (Fsp3) is 0.464. The van der Waals surface area contributed by atoms with Gasteiger partial charge in [-0.1, -0.05) is 37.5 Å². The van der Waals surface area contributed by atoms with Crippen LogP contribution in [-0.4, -0.2) is 32.9 Å². The number of rotatable bonds is 8. The highest BCUT2D eigenvalue weighted by Gasteiger charge is 2.31.